The van der Waals surface area contributed by atoms with E-state index in [1.54, 1.807) is 7.11 Å². The number of anilines is 1. The van der Waals surface area contributed by atoms with Crippen molar-refractivity contribution in [2.45, 2.75) is 19.8 Å². The molecule has 2 aliphatic heterocycles. The molecule has 6 nitrogen and oxygen atoms in total. The van der Waals surface area contributed by atoms with Crippen molar-refractivity contribution in [1.29, 1.82) is 0 Å². The molecule has 0 radical (unpaired) electrons. The number of hydrogen-bond donors (Lipinski definition) is 2. The SMILES string of the molecule is COc1ccc2c(c1)C(=Cc1[nH]c(C)cc1CCCN1CCOCC1)C(=O)N2. The van der Waals surface area contributed by atoms with Gasteiger partial charge < -0.3 is 19.8 Å². The van der Waals surface area contributed by atoms with Gasteiger partial charge in [-0.05, 0) is 62.2 Å². The van der Waals surface area contributed by atoms with Crippen molar-refractivity contribution in [2.24, 2.45) is 0 Å². The van der Waals surface area contributed by atoms with E-state index in [0.717, 1.165) is 74.1 Å². The number of aryl methyl sites for hydroxylation is 2. The number of aromatic nitrogens is 1. The Balaban J connectivity index is 1.53. The number of benzene rings is 1. The maximum Gasteiger partial charge on any atom is 0.256 e. The lowest BCUT2D eigenvalue weighted by Crippen LogP contribution is -2.36. The summed E-state index contributed by atoms with van der Waals surface area (Å²) in [6, 6.07) is 7.84. The number of carbonyl (C=O) groups excluding carboxylic acids is 1. The van der Waals surface area contributed by atoms with Gasteiger partial charge in [0.1, 0.15) is 5.75 Å². The van der Waals surface area contributed by atoms with E-state index in [-0.39, 0.29) is 5.91 Å². The monoisotopic (exact) mass is 381 g/mol. The predicted octanol–water partition coefficient (Wildman–Crippen LogP) is 3.09. The van der Waals surface area contributed by atoms with Crippen LogP contribution in [0.15, 0.2) is 24.3 Å². The smallest absolute Gasteiger partial charge is 0.256 e. The minimum Gasteiger partial charge on any atom is -0.497 e. The van der Waals surface area contributed by atoms with E-state index in [9.17, 15) is 4.79 Å². The Hall–Kier alpha value is -2.57. The molecule has 2 aliphatic rings. The van der Waals surface area contributed by atoms with Crippen molar-refractivity contribution in [3.05, 3.63) is 46.8 Å². The predicted molar refractivity (Wildman–Crippen MR) is 111 cm³/mol. The molecule has 2 N–H and O–H groups in total. The lowest BCUT2D eigenvalue weighted by molar-refractivity contribution is -0.110. The number of methoxy groups -OCH3 is 1. The molecule has 1 aromatic carbocycles. The molecule has 3 heterocycles. The van der Waals surface area contributed by atoms with Gasteiger partial charge >= 0.3 is 0 Å². The van der Waals surface area contributed by atoms with Crippen LogP contribution in [0, 0.1) is 6.92 Å². The normalized spacial score (nSPS) is 18.4. The third kappa shape index (κ3) is 3.98. The van der Waals surface area contributed by atoms with Gasteiger partial charge in [0.15, 0.2) is 0 Å². The largest absolute Gasteiger partial charge is 0.497 e. The molecule has 0 saturated carbocycles. The van der Waals surface area contributed by atoms with E-state index in [0.29, 0.717) is 5.57 Å². The van der Waals surface area contributed by atoms with Gasteiger partial charge in [0, 0.05) is 35.7 Å². The number of rotatable bonds is 6. The number of nitrogens with zero attached hydrogens (tertiary/aromatic N) is 1. The minimum absolute atomic E-state index is 0.0743. The molecule has 1 fully saturated rings. The number of ether oxygens (including phenoxy) is 2. The van der Waals surface area contributed by atoms with Gasteiger partial charge in [-0.1, -0.05) is 0 Å². The fourth-order valence-corrected chi connectivity index (χ4v) is 3.90. The Bertz CT molecular complexity index is 894. The van der Waals surface area contributed by atoms with Crippen molar-refractivity contribution in [3.8, 4) is 5.75 Å². The number of H-pyrrole nitrogens is 1. The van der Waals surface area contributed by atoms with Gasteiger partial charge in [0.2, 0.25) is 0 Å². The van der Waals surface area contributed by atoms with Gasteiger partial charge in [0.05, 0.1) is 25.9 Å². The maximum atomic E-state index is 12.5. The second-order valence-electron chi connectivity index (χ2n) is 7.37. The Morgan fingerprint density at radius 1 is 1.25 bits per heavy atom. The molecule has 4 rings (SSSR count). The first-order valence-electron chi connectivity index (χ1n) is 9.84. The quantitative estimate of drug-likeness (QED) is 0.755. The summed E-state index contributed by atoms with van der Waals surface area (Å²) in [4.78, 5) is 18.4. The van der Waals surface area contributed by atoms with Crippen molar-refractivity contribution < 1.29 is 14.3 Å². The van der Waals surface area contributed by atoms with E-state index in [1.807, 2.05) is 24.3 Å². The molecule has 1 amide bonds. The van der Waals surface area contributed by atoms with Crippen LogP contribution in [0.4, 0.5) is 5.69 Å². The van der Waals surface area contributed by atoms with Crippen LogP contribution < -0.4 is 10.1 Å². The Kier molecular flexibility index (Phi) is 5.50. The summed E-state index contributed by atoms with van der Waals surface area (Å²) in [5.41, 5.74) is 5.76. The van der Waals surface area contributed by atoms with Gasteiger partial charge in [-0.25, -0.2) is 0 Å². The summed E-state index contributed by atoms with van der Waals surface area (Å²) < 4.78 is 10.7. The minimum atomic E-state index is -0.0743. The van der Waals surface area contributed by atoms with Crippen LogP contribution in [0.3, 0.4) is 0 Å². The summed E-state index contributed by atoms with van der Waals surface area (Å²) in [6.45, 7) is 6.82. The highest BCUT2D eigenvalue weighted by molar-refractivity contribution is 6.35. The fraction of sp³-hybridized carbons (Fsp3) is 0.409. The highest BCUT2D eigenvalue weighted by Crippen LogP contribution is 2.36. The third-order valence-electron chi connectivity index (χ3n) is 5.39. The van der Waals surface area contributed by atoms with Gasteiger partial charge in [0.25, 0.3) is 5.91 Å². The third-order valence-corrected chi connectivity index (χ3v) is 5.39. The van der Waals surface area contributed by atoms with E-state index in [2.05, 4.69) is 28.2 Å². The van der Waals surface area contributed by atoms with Crippen LogP contribution in [-0.4, -0.2) is 55.7 Å². The van der Waals surface area contributed by atoms with Crippen LogP contribution in [0.25, 0.3) is 11.6 Å². The van der Waals surface area contributed by atoms with Crippen LogP contribution >= 0.6 is 0 Å². The van der Waals surface area contributed by atoms with Gasteiger partial charge in [-0.15, -0.1) is 0 Å². The van der Waals surface area contributed by atoms with Crippen LogP contribution in [0.5, 0.6) is 5.75 Å². The molecule has 1 saturated heterocycles. The number of morpholine rings is 1. The highest BCUT2D eigenvalue weighted by atomic mass is 16.5. The number of carbonyl (C=O) groups is 1. The number of fused-ring (bicyclic) bond motifs is 1. The van der Waals surface area contributed by atoms with Crippen LogP contribution in [0.1, 0.15) is 28.9 Å². The number of nitrogens with one attached hydrogen (secondary N) is 2. The summed E-state index contributed by atoms with van der Waals surface area (Å²) in [5, 5.41) is 2.94. The van der Waals surface area contributed by atoms with Crippen LogP contribution in [-0.2, 0) is 16.0 Å². The highest BCUT2D eigenvalue weighted by Gasteiger charge is 2.25. The Labute approximate surface area is 165 Å². The van der Waals surface area contributed by atoms with Crippen molar-refractivity contribution in [1.82, 2.24) is 9.88 Å². The molecular formula is C22H27N3O3. The lowest BCUT2D eigenvalue weighted by Gasteiger charge is -2.26. The molecule has 1 aromatic heterocycles. The first kappa shape index (κ1) is 18.8. The maximum absolute atomic E-state index is 12.5. The standard InChI is InChI=1S/C22H27N3O3/c1-15-12-16(4-3-7-25-8-10-28-11-9-25)21(23-15)14-19-18-13-17(27-2)5-6-20(18)24-22(19)26/h5-6,12-14,23H,3-4,7-11H2,1-2H3,(H,24,26). The zero-order chi connectivity index (χ0) is 19.5. The second kappa shape index (κ2) is 8.20. The first-order chi connectivity index (χ1) is 13.6. The lowest BCUT2D eigenvalue weighted by atomic mass is 10.0. The summed E-state index contributed by atoms with van der Waals surface area (Å²) in [7, 11) is 1.64. The molecule has 2 aromatic rings. The molecule has 0 bridgehead atoms. The van der Waals surface area contributed by atoms with Crippen LogP contribution in [0.2, 0.25) is 0 Å². The summed E-state index contributed by atoms with van der Waals surface area (Å²) in [5.74, 6) is 0.671. The second-order valence-corrected chi connectivity index (χ2v) is 7.37. The average molecular weight is 381 g/mol. The zero-order valence-electron chi connectivity index (χ0n) is 16.5. The van der Waals surface area contributed by atoms with E-state index >= 15 is 0 Å². The average Bonchev–Trinajstić information content (AvgIpc) is 3.21. The Morgan fingerprint density at radius 2 is 2.07 bits per heavy atom. The molecular weight excluding hydrogens is 354 g/mol. The van der Waals surface area contributed by atoms with Gasteiger partial charge in [-0.2, -0.15) is 0 Å². The number of amides is 1. The molecule has 0 aliphatic carbocycles. The van der Waals surface area contributed by atoms with E-state index < -0.39 is 0 Å². The van der Waals surface area contributed by atoms with Gasteiger partial charge in [-0.3, -0.25) is 9.69 Å². The molecule has 0 unspecified atom stereocenters. The molecule has 148 valence electrons. The summed E-state index contributed by atoms with van der Waals surface area (Å²) in [6.07, 6.45) is 4.04. The topological polar surface area (TPSA) is 66.6 Å². The molecule has 6 heteroatoms. The van der Waals surface area contributed by atoms with Crippen molar-refractivity contribution >= 4 is 23.2 Å². The molecule has 0 spiro atoms. The summed E-state index contributed by atoms with van der Waals surface area (Å²) >= 11 is 0. The first-order valence-corrected chi connectivity index (χ1v) is 9.84. The van der Waals surface area contributed by atoms with Crippen molar-refractivity contribution in [2.75, 3.05) is 45.3 Å². The van der Waals surface area contributed by atoms with Crippen molar-refractivity contribution in [3.63, 3.8) is 0 Å². The number of hydrogen-bond acceptors (Lipinski definition) is 4. The number of aromatic amines is 1. The fourth-order valence-electron chi connectivity index (χ4n) is 3.90. The Morgan fingerprint density at radius 3 is 2.86 bits per heavy atom. The molecule has 28 heavy (non-hydrogen) atoms. The molecule has 0 atom stereocenters. The zero-order valence-corrected chi connectivity index (χ0v) is 16.5. The van der Waals surface area contributed by atoms with E-state index in [4.69, 9.17) is 9.47 Å². The van der Waals surface area contributed by atoms with E-state index in [1.165, 1.54) is 5.56 Å².